The predicted octanol–water partition coefficient (Wildman–Crippen LogP) is 3.41. The highest BCUT2D eigenvalue weighted by atomic mass is 19.3. The smallest absolute Gasteiger partial charge is 0.252 e. The average molecular weight is 315 g/mol. The Kier molecular flexibility index (Phi) is 4.80. The van der Waals surface area contributed by atoms with E-state index in [4.69, 9.17) is 4.74 Å². The fourth-order valence-corrected chi connectivity index (χ4v) is 2.48. The molecule has 2 atom stereocenters. The van der Waals surface area contributed by atoms with E-state index in [0.717, 1.165) is 5.56 Å². The van der Waals surface area contributed by atoms with Gasteiger partial charge in [-0.2, -0.15) is 0 Å². The zero-order valence-electron chi connectivity index (χ0n) is 12.9. The molecule has 0 spiro atoms. The largest absolute Gasteiger partial charge is 0.367 e. The van der Waals surface area contributed by atoms with E-state index in [1.165, 1.54) is 30.9 Å². The first-order chi connectivity index (χ1) is 10.2. The van der Waals surface area contributed by atoms with Crippen molar-refractivity contribution in [2.45, 2.75) is 39.4 Å². The van der Waals surface area contributed by atoms with Crippen LogP contribution < -0.4 is 0 Å². The number of morpholine rings is 1. The molecule has 1 heterocycles. The Bertz CT molecular complexity index is 531. The Balaban J connectivity index is 2.17. The Hall–Kier alpha value is -1.56. The normalized spacial score (nSPS) is 23.0. The number of benzene rings is 1. The second-order valence-electron chi connectivity index (χ2n) is 6.22. The van der Waals surface area contributed by atoms with Crippen LogP contribution in [0.1, 0.15) is 32.4 Å². The van der Waals surface area contributed by atoms with Gasteiger partial charge in [-0.3, -0.25) is 4.79 Å². The van der Waals surface area contributed by atoms with Gasteiger partial charge in [0, 0.05) is 6.54 Å². The van der Waals surface area contributed by atoms with Crippen molar-refractivity contribution in [3.8, 4) is 0 Å². The van der Waals surface area contributed by atoms with Crippen molar-refractivity contribution in [3.05, 3.63) is 35.6 Å². The highest BCUT2D eigenvalue weighted by Crippen LogP contribution is 2.32. The Morgan fingerprint density at radius 1 is 1.27 bits per heavy atom. The number of halogens is 3. The van der Waals surface area contributed by atoms with Crippen molar-refractivity contribution >= 4 is 5.91 Å². The van der Waals surface area contributed by atoms with E-state index in [-0.39, 0.29) is 25.0 Å². The third-order valence-corrected chi connectivity index (χ3v) is 3.89. The van der Waals surface area contributed by atoms with E-state index in [9.17, 15) is 18.0 Å². The Labute approximate surface area is 128 Å². The first-order valence-electron chi connectivity index (χ1n) is 7.20. The van der Waals surface area contributed by atoms with Crippen LogP contribution in [-0.2, 0) is 9.53 Å². The minimum Gasteiger partial charge on any atom is -0.367 e. The summed E-state index contributed by atoms with van der Waals surface area (Å²) in [5.41, 5.74) is -1.01. The minimum atomic E-state index is -2.73. The molecular weight excluding hydrogens is 295 g/mol. The Morgan fingerprint density at radius 2 is 1.86 bits per heavy atom. The van der Waals surface area contributed by atoms with Gasteiger partial charge in [0.1, 0.15) is 17.3 Å². The van der Waals surface area contributed by atoms with Crippen LogP contribution in [0.2, 0.25) is 0 Å². The quantitative estimate of drug-likeness (QED) is 0.855. The van der Waals surface area contributed by atoms with E-state index in [1.54, 1.807) is 19.1 Å². The van der Waals surface area contributed by atoms with Crippen molar-refractivity contribution in [1.29, 1.82) is 0 Å². The third-order valence-electron chi connectivity index (χ3n) is 3.89. The molecule has 0 aromatic heterocycles. The van der Waals surface area contributed by atoms with Gasteiger partial charge in [0.05, 0.1) is 12.6 Å². The monoisotopic (exact) mass is 315 g/mol. The van der Waals surface area contributed by atoms with E-state index in [0.29, 0.717) is 0 Å². The van der Waals surface area contributed by atoms with Crippen LogP contribution >= 0.6 is 0 Å². The molecule has 0 saturated carbocycles. The average Bonchev–Trinajstić information content (AvgIpc) is 2.46. The van der Waals surface area contributed by atoms with Gasteiger partial charge >= 0.3 is 0 Å². The number of nitrogens with zero attached hydrogens (tertiary/aromatic N) is 1. The first-order valence-corrected chi connectivity index (χ1v) is 7.20. The van der Waals surface area contributed by atoms with Gasteiger partial charge in [-0.1, -0.05) is 12.1 Å². The van der Waals surface area contributed by atoms with E-state index in [1.807, 2.05) is 0 Å². The van der Waals surface area contributed by atoms with Crippen LogP contribution in [0.25, 0.3) is 0 Å². The van der Waals surface area contributed by atoms with Crippen molar-refractivity contribution in [2.24, 2.45) is 5.41 Å². The molecule has 1 saturated heterocycles. The number of carbonyl (C=O) groups is 1. The van der Waals surface area contributed by atoms with Crippen molar-refractivity contribution in [3.63, 3.8) is 0 Å². The van der Waals surface area contributed by atoms with Gasteiger partial charge in [0.15, 0.2) is 0 Å². The lowest BCUT2D eigenvalue weighted by atomic mass is 9.91. The molecule has 1 aromatic rings. The van der Waals surface area contributed by atoms with Gasteiger partial charge in [-0.05, 0) is 38.5 Å². The first kappa shape index (κ1) is 16.8. The number of hydrogen-bond donors (Lipinski definition) is 0. The summed E-state index contributed by atoms with van der Waals surface area (Å²) in [4.78, 5) is 13.8. The van der Waals surface area contributed by atoms with Gasteiger partial charge in [0.2, 0.25) is 5.91 Å². The van der Waals surface area contributed by atoms with E-state index in [2.05, 4.69) is 0 Å². The summed E-state index contributed by atoms with van der Waals surface area (Å²) in [6.45, 7) is 4.73. The minimum absolute atomic E-state index is 0.185. The number of rotatable bonds is 3. The predicted molar refractivity (Wildman–Crippen MR) is 76.1 cm³/mol. The second kappa shape index (κ2) is 6.28. The molecule has 122 valence electrons. The zero-order chi connectivity index (χ0) is 16.5. The summed E-state index contributed by atoms with van der Waals surface area (Å²) >= 11 is 0. The summed E-state index contributed by atoms with van der Waals surface area (Å²) in [5, 5.41) is 0. The standard InChI is InChI=1S/C16H20F3NO2/c1-10-8-20(15(21)16(2,3)14(18)19)9-13(22-10)11-4-6-12(17)7-5-11/h4-7,10,13-14H,8-9H2,1-3H3/t10-,13+/m0/s1. The van der Waals surface area contributed by atoms with Gasteiger partial charge in [0.25, 0.3) is 6.43 Å². The molecule has 2 rings (SSSR count). The van der Waals surface area contributed by atoms with Crippen LogP contribution in [0.3, 0.4) is 0 Å². The SMILES string of the molecule is C[C@H]1CN(C(=O)C(C)(C)C(F)F)C[C@H](c2ccc(F)cc2)O1. The van der Waals surface area contributed by atoms with Crippen molar-refractivity contribution < 1.29 is 22.7 Å². The highest BCUT2D eigenvalue weighted by molar-refractivity contribution is 5.82. The number of hydrogen-bond acceptors (Lipinski definition) is 2. The summed E-state index contributed by atoms with van der Waals surface area (Å²) in [6.07, 6.45) is -3.45. The molecule has 0 radical (unpaired) electrons. The molecule has 0 N–H and O–H groups in total. The molecule has 22 heavy (non-hydrogen) atoms. The highest BCUT2D eigenvalue weighted by Gasteiger charge is 2.42. The molecule has 0 aliphatic carbocycles. The fraction of sp³-hybridized carbons (Fsp3) is 0.562. The van der Waals surface area contributed by atoms with Gasteiger partial charge in [-0.15, -0.1) is 0 Å². The number of ether oxygens (including phenoxy) is 1. The summed E-state index contributed by atoms with van der Waals surface area (Å²) < 4.78 is 44.9. The van der Waals surface area contributed by atoms with Gasteiger partial charge < -0.3 is 9.64 Å². The third kappa shape index (κ3) is 3.43. The van der Waals surface area contributed by atoms with Crippen LogP contribution in [-0.4, -0.2) is 36.4 Å². The zero-order valence-corrected chi connectivity index (χ0v) is 12.9. The molecule has 1 fully saturated rings. The van der Waals surface area contributed by atoms with Crippen LogP contribution in [0.15, 0.2) is 24.3 Å². The maximum absolute atomic E-state index is 13.1. The Morgan fingerprint density at radius 3 is 2.41 bits per heavy atom. The fourth-order valence-electron chi connectivity index (χ4n) is 2.48. The van der Waals surface area contributed by atoms with E-state index < -0.39 is 23.9 Å². The van der Waals surface area contributed by atoms with Gasteiger partial charge in [-0.25, -0.2) is 13.2 Å². The number of amides is 1. The maximum Gasteiger partial charge on any atom is 0.252 e. The molecule has 3 nitrogen and oxygen atoms in total. The van der Waals surface area contributed by atoms with Crippen molar-refractivity contribution in [1.82, 2.24) is 4.90 Å². The van der Waals surface area contributed by atoms with Crippen LogP contribution in [0.4, 0.5) is 13.2 Å². The lowest BCUT2D eigenvalue weighted by molar-refractivity contribution is -0.161. The maximum atomic E-state index is 13.1. The molecule has 1 amide bonds. The van der Waals surface area contributed by atoms with Crippen molar-refractivity contribution in [2.75, 3.05) is 13.1 Å². The molecule has 1 aliphatic heterocycles. The van der Waals surface area contributed by atoms with Crippen LogP contribution in [0.5, 0.6) is 0 Å². The molecule has 6 heteroatoms. The molecule has 0 bridgehead atoms. The molecular formula is C16H20F3NO2. The number of alkyl halides is 2. The molecule has 0 unspecified atom stereocenters. The lowest BCUT2D eigenvalue weighted by Crippen LogP contribution is -2.52. The summed E-state index contributed by atoms with van der Waals surface area (Å²) in [5.74, 6) is -0.955. The van der Waals surface area contributed by atoms with E-state index >= 15 is 0 Å². The number of carbonyl (C=O) groups excluding carboxylic acids is 1. The molecule has 1 aliphatic rings. The lowest BCUT2D eigenvalue weighted by Gasteiger charge is -2.40. The second-order valence-corrected chi connectivity index (χ2v) is 6.22. The summed E-state index contributed by atoms with van der Waals surface area (Å²) in [6, 6.07) is 5.79. The summed E-state index contributed by atoms with van der Waals surface area (Å²) in [7, 11) is 0. The van der Waals surface area contributed by atoms with Crippen LogP contribution in [0, 0.1) is 11.2 Å². The molecule has 1 aromatic carbocycles. The topological polar surface area (TPSA) is 29.5 Å².